The van der Waals surface area contributed by atoms with Gasteiger partial charge in [-0.3, -0.25) is 9.59 Å². The van der Waals surface area contributed by atoms with Crippen molar-refractivity contribution in [1.82, 2.24) is 0 Å². The lowest BCUT2D eigenvalue weighted by Crippen LogP contribution is -2.50. The van der Waals surface area contributed by atoms with Gasteiger partial charge in [-0.2, -0.15) is 0 Å². The number of carboxylic acids is 1. The minimum absolute atomic E-state index is 0.0536. The zero-order valence-corrected chi connectivity index (χ0v) is 14.8. The summed E-state index contributed by atoms with van der Waals surface area (Å²) in [6.45, 7) is 10.6. The summed E-state index contributed by atoms with van der Waals surface area (Å²) >= 11 is 0. The summed E-state index contributed by atoms with van der Waals surface area (Å²) in [4.78, 5) is 24.2. The SMILES string of the molecule is CCCCCCOC(=O)C1(C)CC(C)(C)[C@H](C)C[C@@H]1C(=O)O. The Morgan fingerprint density at radius 3 is 2.36 bits per heavy atom. The third-order valence-corrected chi connectivity index (χ3v) is 5.51. The predicted octanol–water partition coefficient (Wildman–Crippen LogP) is 4.27. The molecule has 3 atom stereocenters. The molecule has 0 spiro atoms. The number of hydrogen-bond acceptors (Lipinski definition) is 3. The van der Waals surface area contributed by atoms with Crippen LogP contribution >= 0.6 is 0 Å². The number of carbonyl (C=O) groups excluding carboxylic acids is 1. The van der Waals surface area contributed by atoms with Crippen LogP contribution in [0.2, 0.25) is 0 Å². The number of unbranched alkanes of at least 4 members (excludes halogenated alkanes) is 3. The largest absolute Gasteiger partial charge is 0.481 e. The van der Waals surface area contributed by atoms with Crippen LogP contribution in [-0.4, -0.2) is 23.7 Å². The number of esters is 1. The van der Waals surface area contributed by atoms with E-state index in [1.54, 1.807) is 6.92 Å². The van der Waals surface area contributed by atoms with Gasteiger partial charge in [0.1, 0.15) is 0 Å². The minimum Gasteiger partial charge on any atom is -0.481 e. The van der Waals surface area contributed by atoms with E-state index in [4.69, 9.17) is 4.74 Å². The van der Waals surface area contributed by atoms with Gasteiger partial charge in [-0.1, -0.05) is 47.0 Å². The van der Waals surface area contributed by atoms with Crippen LogP contribution in [0.15, 0.2) is 0 Å². The number of hydrogen-bond donors (Lipinski definition) is 1. The van der Waals surface area contributed by atoms with Gasteiger partial charge >= 0.3 is 11.9 Å². The molecule has 0 radical (unpaired) electrons. The highest BCUT2D eigenvalue weighted by Gasteiger charge is 2.54. The Morgan fingerprint density at radius 2 is 1.82 bits per heavy atom. The minimum atomic E-state index is -0.924. The molecule has 1 saturated carbocycles. The molecule has 0 saturated heterocycles. The predicted molar refractivity (Wildman–Crippen MR) is 86.5 cm³/mol. The highest BCUT2D eigenvalue weighted by molar-refractivity contribution is 5.84. The Hall–Kier alpha value is -1.06. The summed E-state index contributed by atoms with van der Waals surface area (Å²) in [5.41, 5.74) is -0.978. The standard InChI is InChI=1S/C18H32O4/c1-6-7-8-9-10-22-16(21)18(5)12-17(3,4)13(2)11-14(18)15(19)20/h13-14H,6-12H2,1-5H3,(H,19,20)/t13-,14-,18?/m1/s1. The van der Waals surface area contributed by atoms with Gasteiger partial charge in [0.2, 0.25) is 0 Å². The number of ether oxygens (including phenoxy) is 1. The zero-order valence-electron chi connectivity index (χ0n) is 14.8. The van der Waals surface area contributed by atoms with Crippen LogP contribution in [0, 0.1) is 22.7 Å². The van der Waals surface area contributed by atoms with Gasteiger partial charge < -0.3 is 9.84 Å². The second-order valence-corrected chi connectivity index (χ2v) is 7.81. The average molecular weight is 312 g/mol. The van der Waals surface area contributed by atoms with Crippen LogP contribution in [0.1, 0.15) is 73.1 Å². The molecule has 0 bridgehead atoms. The van der Waals surface area contributed by atoms with Gasteiger partial charge in [0, 0.05) is 0 Å². The molecule has 1 aliphatic rings. The van der Waals surface area contributed by atoms with E-state index in [-0.39, 0.29) is 17.3 Å². The van der Waals surface area contributed by atoms with E-state index in [0.29, 0.717) is 19.4 Å². The summed E-state index contributed by atoms with van der Waals surface area (Å²) in [7, 11) is 0. The molecule has 128 valence electrons. The molecule has 0 aromatic rings. The molecule has 1 N–H and O–H groups in total. The molecule has 4 heteroatoms. The van der Waals surface area contributed by atoms with Gasteiger partial charge in [0.15, 0.2) is 0 Å². The van der Waals surface area contributed by atoms with E-state index in [1.165, 1.54) is 0 Å². The molecule has 1 unspecified atom stereocenters. The van der Waals surface area contributed by atoms with Crippen LogP contribution in [0.4, 0.5) is 0 Å². The second kappa shape index (κ2) is 7.47. The first-order chi connectivity index (χ1) is 10.1. The molecule has 0 aromatic heterocycles. The Labute approximate surface area is 134 Å². The van der Waals surface area contributed by atoms with E-state index in [0.717, 1.165) is 25.7 Å². The monoisotopic (exact) mass is 312 g/mol. The molecule has 4 nitrogen and oxygen atoms in total. The van der Waals surface area contributed by atoms with E-state index >= 15 is 0 Å². The highest BCUT2D eigenvalue weighted by atomic mass is 16.5. The van der Waals surface area contributed by atoms with Crippen LogP contribution in [0.5, 0.6) is 0 Å². The fourth-order valence-electron chi connectivity index (χ4n) is 3.62. The lowest BCUT2D eigenvalue weighted by Gasteiger charge is -2.48. The smallest absolute Gasteiger partial charge is 0.312 e. The maximum atomic E-state index is 12.6. The van der Waals surface area contributed by atoms with Gasteiger partial charge in [0.05, 0.1) is 17.9 Å². The third kappa shape index (κ3) is 4.23. The molecule has 1 aliphatic carbocycles. The summed E-state index contributed by atoms with van der Waals surface area (Å²) < 4.78 is 5.44. The van der Waals surface area contributed by atoms with E-state index in [1.807, 2.05) is 0 Å². The Morgan fingerprint density at radius 1 is 1.18 bits per heavy atom. The lowest BCUT2D eigenvalue weighted by atomic mass is 9.55. The van der Waals surface area contributed by atoms with Crippen LogP contribution in [0.25, 0.3) is 0 Å². The number of aliphatic carboxylic acids is 1. The number of carbonyl (C=O) groups is 2. The molecule has 22 heavy (non-hydrogen) atoms. The number of rotatable bonds is 7. The maximum absolute atomic E-state index is 12.6. The van der Waals surface area contributed by atoms with Gasteiger partial charge in [0.25, 0.3) is 0 Å². The van der Waals surface area contributed by atoms with Gasteiger partial charge in [-0.05, 0) is 37.5 Å². The van der Waals surface area contributed by atoms with Crippen molar-refractivity contribution in [1.29, 1.82) is 0 Å². The molecular formula is C18H32O4. The quantitative estimate of drug-likeness (QED) is 0.563. The van der Waals surface area contributed by atoms with Crippen LogP contribution in [0.3, 0.4) is 0 Å². The zero-order chi connectivity index (χ0) is 17.0. The van der Waals surface area contributed by atoms with Crippen molar-refractivity contribution in [2.75, 3.05) is 6.61 Å². The van der Waals surface area contributed by atoms with Crippen molar-refractivity contribution in [3.8, 4) is 0 Å². The van der Waals surface area contributed by atoms with Crippen molar-refractivity contribution in [3.05, 3.63) is 0 Å². The average Bonchev–Trinajstić information content (AvgIpc) is 2.41. The van der Waals surface area contributed by atoms with Crippen molar-refractivity contribution >= 4 is 11.9 Å². The van der Waals surface area contributed by atoms with Crippen molar-refractivity contribution in [2.24, 2.45) is 22.7 Å². The van der Waals surface area contributed by atoms with Crippen LogP contribution in [-0.2, 0) is 14.3 Å². The fourth-order valence-corrected chi connectivity index (χ4v) is 3.62. The van der Waals surface area contributed by atoms with E-state index in [2.05, 4.69) is 27.7 Å². The van der Waals surface area contributed by atoms with Crippen molar-refractivity contribution < 1.29 is 19.4 Å². The summed E-state index contributed by atoms with van der Waals surface area (Å²) in [5, 5.41) is 9.54. The summed E-state index contributed by atoms with van der Waals surface area (Å²) in [6.07, 6.45) is 5.27. The first kappa shape index (κ1) is 19.0. The van der Waals surface area contributed by atoms with Crippen molar-refractivity contribution in [3.63, 3.8) is 0 Å². The molecule has 0 aliphatic heterocycles. The van der Waals surface area contributed by atoms with Crippen LogP contribution < -0.4 is 0 Å². The summed E-state index contributed by atoms with van der Waals surface area (Å²) in [5.74, 6) is -1.60. The number of carboxylic acid groups (broad SMARTS) is 1. The Kier molecular flexibility index (Phi) is 6.45. The molecule has 1 fully saturated rings. The first-order valence-corrected chi connectivity index (χ1v) is 8.55. The first-order valence-electron chi connectivity index (χ1n) is 8.55. The Bertz CT molecular complexity index is 402. The van der Waals surface area contributed by atoms with E-state index in [9.17, 15) is 14.7 Å². The molecular weight excluding hydrogens is 280 g/mol. The third-order valence-electron chi connectivity index (χ3n) is 5.51. The molecule has 1 rings (SSSR count). The van der Waals surface area contributed by atoms with Gasteiger partial charge in [-0.15, -0.1) is 0 Å². The summed E-state index contributed by atoms with van der Waals surface area (Å²) in [6, 6.07) is 0. The van der Waals surface area contributed by atoms with Crippen molar-refractivity contribution in [2.45, 2.75) is 73.1 Å². The van der Waals surface area contributed by atoms with E-state index < -0.39 is 17.3 Å². The lowest BCUT2D eigenvalue weighted by molar-refractivity contribution is -0.175. The molecule has 0 heterocycles. The second-order valence-electron chi connectivity index (χ2n) is 7.81. The normalized spacial score (nSPS) is 30.8. The molecule has 0 amide bonds. The Balaban J connectivity index is 2.76. The highest BCUT2D eigenvalue weighted by Crippen LogP contribution is 2.53. The topological polar surface area (TPSA) is 63.6 Å². The maximum Gasteiger partial charge on any atom is 0.312 e. The molecule has 0 aromatic carbocycles. The van der Waals surface area contributed by atoms with Gasteiger partial charge in [-0.25, -0.2) is 0 Å². The fraction of sp³-hybridized carbons (Fsp3) is 0.889.